The zero-order valence-corrected chi connectivity index (χ0v) is 18.2. The summed E-state index contributed by atoms with van der Waals surface area (Å²) in [4.78, 5) is 13.1. The molecule has 1 aromatic heterocycles. The maximum Gasteiger partial charge on any atom is 0.238 e. The number of benzene rings is 2. The van der Waals surface area contributed by atoms with Crippen LogP contribution in [0, 0.1) is 0 Å². The van der Waals surface area contributed by atoms with E-state index >= 15 is 0 Å². The highest BCUT2D eigenvalue weighted by molar-refractivity contribution is 5.88. The van der Waals surface area contributed by atoms with Gasteiger partial charge in [0.1, 0.15) is 40.8 Å². The van der Waals surface area contributed by atoms with Crippen LogP contribution >= 0.6 is 0 Å². The van der Waals surface area contributed by atoms with Crippen LogP contribution in [-0.4, -0.2) is 68.5 Å². The van der Waals surface area contributed by atoms with Gasteiger partial charge in [0.25, 0.3) is 0 Å². The molecule has 3 aromatic rings. The van der Waals surface area contributed by atoms with E-state index in [0.29, 0.717) is 6.42 Å². The summed E-state index contributed by atoms with van der Waals surface area (Å²) in [6.45, 7) is 1.70. The number of rotatable bonds is 5. The van der Waals surface area contributed by atoms with E-state index in [4.69, 9.17) is 18.6 Å². The van der Waals surface area contributed by atoms with E-state index in [9.17, 15) is 35.4 Å². The van der Waals surface area contributed by atoms with Crippen LogP contribution in [0.3, 0.4) is 0 Å². The van der Waals surface area contributed by atoms with Gasteiger partial charge >= 0.3 is 0 Å². The number of methoxy groups -OCH3 is 1. The van der Waals surface area contributed by atoms with Gasteiger partial charge in [0.2, 0.25) is 17.5 Å². The molecule has 1 fully saturated rings. The zero-order valence-electron chi connectivity index (χ0n) is 18.2. The lowest BCUT2D eigenvalue weighted by Gasteiger charge is -2.40. The third-order valence-electron chi connectivity index (χ3n) is 5.68. The van der Waals surface area contributed by atoms with Crippen molar-refractivity contribution < 1.29 is 49.3 Å². The maximum atomic E-state index is 13.1. The Hall–Kier alpha value is -3.51. The second kappa shape index (κ2) is 9.03. The van der Waals surface area contributed by atoms with Crippen LogP contribution in [0.25, 0.3) is 22.3 Å². The smallest absolute Gasteiger partial charge is 0.238 e. The molecule has 182 valence electrons. The molecule has 11 nitrogen and oxygen atoms in total. The highest BCUT2D eigenvalue weighted by Gasteiger charge is 2.44. The van der Waals surface area contributed by atoms with E-state index in [1.54, 1.807) is 6.92 Å². The van der Waals surface area contributed by atoms with Gasteiger partial charge in [-0.1, -0.05) is 6.92 Å². The van der Waals surface area contributed by atoms with Crippen molar-refractivity contribution in [3.05, 3.63) is 40.6 Å². The highest BCUT2D eigenvalue weighted by Crippen LogP contribution is 2.39. The number of aliphatic hydroxyl groups excluding tert-OH is 3. The number of phenolic OH excluding ortho intramolecular Hbond substituents is 2. The second-order valence-electron chi connectivity index (χ2n) is 7.85. The molecule has 0 radical (unpaired) electrons. The molecule has 34 heavy (non-hydrogen) atoms. The third kappa shape index (κ3) is 3.99. The number of ether oxygens (including phenoxy) is 3. The largest absolute Gasteiger partial charge is 0.508 e. The summed E-state index contributed by atoms with van der Waals surface area (Å²) in [7, 11) is 1.33. The van der Waals surface area contributed by atoms with Crippen molar-refractivity contribution in [3.63, 3.8) is 0 Å². The molecule has 5 atom stereocenters. The third-order valence-corrected chi connectivity index (χ3v) is 5.68. The molecule has 1 saturated heterocycles. The lowest BCUT2D eigenvalue weighted by Crippen LogP contribution is -2.58. The SMILES string of the molecule is CCC1OC(Oc2cc(O)cc3oc(-c4ccc(O)c(OC)c4)c(O)c(=O)c23)C(O)C(O)C1O. The van der Waals surface area contributed by atoms with Gasteiger partial charge in [-0.15, -0.1) is 0 Å². The van der Waals surface area contributed by atoms with Crippen LogP contribution in [0.4, 0.5) is 0 Å². The van der Waals surface area contributed by atoms with Gasteiger partial charge in [0, 0.05) is 17.7 Å². The van der Waals surface area contributed by atoms with Crippen LogP contribution in [-0.2, 0) is 4.74 Å². The summed E-state index contributed by atoms with van der Waals surface area (Å²) < 4.78 is 21.9. The van der Waals surface area contributed by atoms with Crippen molar-refractivity contribution in [1.82, 2.24) is 0 Å². The van der Waals surface area contributed by atoms with E-state index < -0.39 is 41.9 Å². The lowest BCUT2D eigenvalue weighted by molar-refractivity contribution is -0.272. The first-order valence-electron chi connectivity index (χ1n) is 10.4. The predicted molar refractivity (Wildman–Crippen MR) is 117 cm³/mol. The molecule has 0 aliphatic carbocycles. The quantitative estimate of drug-likeness (QED) is 0.311. The predicted octanol–water partition coefficient (Wildman–Crippen LogP) is 1.18. The molecular formula is C23H24O11. The molecule has 0 saturated carbocycles. The fourth-order valence-corrected chi connectivity index (χ4v) is 3.84. The number of fused-ring (bicyclic) bond motifs is 1. The number of hydrogen-bond acceptors (Lipinski definition) is 11. The van der Waals surface area contributed by atoms with Crippen LogP contribution < -0.4 is 14.9 Å². The summed E-state index contributed by atoms with van der Waals surface area (Å²) in [5.74, 6) is -1.74. The van der Waals surface area contributed by atoms with Gasteiger partial charge in [-0.2, -0.15) is 0 Å². The minimum Gasteiger partial charge on any atom is -0.508 e. The standard InChI is InChI=1S/C23H24O11/c1-3-12-17(26)19(28)21(30)23(33-12)34-15-8-10(24)7-14-16(15)18(27)20(29)22(32-14)9-4-5-11(25)13(6-9)31-2/h4-8,12,17,19,21,23-26,28-30H,3H2,1-2H3. The summed E-state index contributed by atoms with van der Waals surface area (Å²) in [5.41, 5.74) is -0.847. The molecule has 0 bridgehead atoms. The molecule has 2 aromatic carbocycles. The minimum absolute atomic E-state index is 0.0780. The summed E-state index contributed by atoms with van der Waals surface area (Å²) in [6, 6.07) is 6.24. The van der Waals surface area contributed by atoms with Gasteiger partial charge in [0.05, 0.1) is 13.2 Å². The second-order valence-corrected chi connectivity index (χ2v) is 7.85. The average molecular weight is 476 g/mol. The van der Waals surface area contributed by atoms with E-state index in [-0.39, 0.29) is 45.3 Å². The molecule has 4 rings (SSSR count). The van der Waals surface area contributed by atoms with Crippen molar-refractivity contribution >= 4 is 11.0 Å². The average Bonchev–Trinajstić information content (AvgIpc) is 2.81. The summed E-state index contributed by atoms with van der Waals surface area (Å²) >= 11 is 0. The maximum absolute atomic E-state index is 13.1. The molecule has 11 heteroatoms. The van der Waals surface area contributed by atoms with Crippen molar-refractivity contribution in [1.29, 1.82) is 0 Å². The van der Waals surface area contributed by atoms with E-state index in [1.165, 1.54) is 25.3 Å². The van der Waals surface area contributed by atoms with Gasteiger partial charge < -0.3 is 49.3 Å². The van der Waals surface area contributed by atoms with E-state index in [0.717, 1.165) is 12.1 Å². The van der Waals surface area contributed by atoms with Crippen molar-refractivity contribution in [2.45, 2.75) is 44.1 Å². The highest BCUT2D eigenvalue weighted by atomic mass is 16.7. The molecule has 1 aliphatic rings. The van der Waals surface area contributed by atoms with Crippen LogP contribution in [0.15, 0.2) is 39.5 Å². The van der Waals surface area contributed by atoms with Crippen LogP contribution in [0.1, 0.15) is 13.3 Å². The Balaban J connectivity index is 1.81. The van der Waals surface area contributed by atoms with E-state index in [1.807, 2.05) is 0 Å². The molecule has 6 N–H and O–H groups in total. The summed E-state index contributed by atoms with van der Waals surface area (Å²) in [6.07, 6.45) is -6.63. The first-order valence-corrected chi connectivity index (χ1v) is 10.4. The Morgan fingerprint density at radius 3 is 2.38 bits per heavy atom. The number of phenols is 2. The lowest BCUT2D eigenvalue weighted by atomic mass is 9.97. The summed E-state index contributed by atoms with van der Waals surface area (Å²) in [5, 5.41) is 60.8. The molecule has 0 spiro atoms. The van der Waals surface area contributed by atoms with Crippen LogP contribution in [0.2, 0.25) is 0 Å². The Bertz CT molecular complexity index is 1270. The Kier molecular flexibility index (Phi) is 6.28. The number of aliphatic hydroxyl groups is 3. The van der Waals surface area contributed by atoms with Crippen molar-refractivity contribution in [2.75, 3.05) is 7.11 Å². The zero-order chi connectivity index (χ0) is 24.7. The fourth-order valence-electron chi connectivity index (χ4n) is 3.84. The van der Waals surface area contributed by atoms with E-state index in [2.05, 4.69) is 0 Å². The first kappa shape index (κ1) is 23.6. The minimum atomic E-state index is -1.67. The van der Waals surface area contributed by atoms with Gasteiger partial charge in [-0.05, 0) is 24.6 Å². The van der Waals surface area contributed by atoms with Gasteiger partial charge in [-0.25, -0.2) is 0 Å². The first-order chi connectivity index (χ1) is 16.2. The molecule has 0 amide bonds. The molecule has 2 heterocycles. The number of hydrogen-bond donors (Lipinski definition) is 6. The number of aromatic hydroxyl groups is 3. The Morgan fingerprint density at radius 2 is 1.71 bits per heavy atom. The normalized spacial score (nSPS) is 24.8. The van der Waals surface area contributed by atoms with Gasteiger partial charge in [0.15, 0.2) is 17.3 Å². The Morgan fingerprint density at radius 1 is 0.971 bits per heavy atom. The van der Waals surface area contributed by atoms with Gasteiger partial charge in [-0.3, -0.25) is 4.79 Å². The fraction of sp³-hybridized carbons (Fsp3) is 0.348. The van der Waals surface area contributed by atoms with Crippen molar-refractivity contribution in [3.8, 4) is 40.1 Å². The topological polar surface area (TPSA) is 179 Å². The van der Waals surface area contributed by atoms with Crippen molar-refractivity contribution in [2.24, 2.45) is 0 Å². The monoisotopic (exact) mass is 476 g/mol. The molecule has 5 unspecified atom stereocenters. The Labute approximate surface area is 192 Å². The van der Waals surface area contributed by atoms with Crippen LogP contribution in [0.5, 0.6) is 28.7 Å². The molecular weight excluding hydrogens is 452 g/mol. The molecule has 1 aliphatic heterocycles.